The molecule has 0 saturated heterocycles. The maximum Gasteiger partial charge on any atom is 0.221 e. The van der Waals surface area contributed by atoms with Crippen molar-refractivity contribution in [3.63, 3.8) is 0 Å². The Morgan fingerprint density at radius 2 is 2.11 bits per heavy atom. The normalized spacial score (nSPS) is 13.7. The fraction of sp³-hybridized carbons (Fsp3) is 0.750. The molecule has 0 rings (SSSR count). The molecule has 0 saturated carbocycles. The molecule has 0 aromatic carbocycles. The number of nitrogens with zero attached hydrogens (tertiary/aromatic N) is 2. The van der Waals surface area contributed by atoms with E-state index < -0.39 is 5.60 Å². The van der Waals surface area contributed by atoms with Gasteiger partial charge in [0.2, 0.25) is 5.88 Å². The molecule has 0 aliphatic heterocycles. The lowest BCUT2D eigenvalue weighted by Crippen LogP contribution is -2.34. The zero-order chi connectivity index (χ0) is 14.2. The van der Waals surface area contributed by atoms with E-state index in [1.807, 2.05) is 34.6 Å². The van der Waals surface area contributed by atoms with Crippen LogP contribution in [0.3, 0.4) is 0 Å². The summed E-state index contributed by atoms with van der Waals surface area (Å²) in [6.07, 6.45) is 1.73. The zero-order valence-corrected chi connectivity index (χ0v) is 13.0. The van der Waals surface area contributed by atoms with E-state index in [2.05, 4.69) is 5.10 Å². The van der Waals surface area contributed by atoms with Gasteiger partial charge >= 0.3 is 0 Å². The van der Waals surface area contributed by atoms with Crippen LogP contribution in [0.1, 0.15) is 34.6 Å². The zero-order valence-electron chi connectivity index (χ0n) is 12.2. The number of hydrazone groups is 1. The van der Waals surface area contributed by atoms with Crippen molar-refractivity contribution in [2.75, 3.05) is 20.3 Å². The van der Waals surface area contributed by atoms with Crippen molar-refractivity contribution in [3.05, 3.63) is 10.8 Å². The number of nitrogens with two attached hydrogens (primary N) is 1. The number of hydrogen-bond donors (Lipinski definition) is 1. The Bertz CT molecular complexity index is 304. The van der Waals surface area contributed by atoms with Gasteiger partial charge in [0.05, 0.1) is 11.5 Å². The van der Waals surface area contributed by atoms with Gasteiger partial charge in [0.25, 0.3) is 0 Å². The summed E-state index contributed by atoms with van der Waals surface area (Å²) in [6, 6.07) is 0. The van der Waals surface area contributed by atoms with Crippen molar-refractivity contribution in [2.45, 2.75) is 40.2 Å². The van der Waals surface area contributed by atoms with Gasteiger partial charge in [0, 0.05) is 19.9 Å². The summed E-state index contributed by atoms with van der Waals surface area (Å²) in [5.74, 6) is 0.671. The molecule has 0 heterocycles. The third-order valence-electron chi connectivity index (χ3n) is 2.13. The first-order chi connectivity index (χ1) is 8.41. The van der Waals surface area contributed by atoms with Gasteiger partial charge in [-0.15, -0.1) is 0 Å². The highest BCUT2D eigenvalue weighted by Gasteiger charge is 2.24. The van der Waals surface area contributed by atoms with Crippen LogP contribution in [-0.2, 0) is 9.47 Å². The first kappa shape index (κ1) is 17.3. The van der Waals surface area contributed by atoms with Crippen LogP contribution in [-0.4, -0.2) is 37.1 Å². The Morgan fingerprint density at radius 3 is 2.50 bits per heavy atom. The van der Waals surface area contributed by atoms with Crippen molar-refractivity contribution in [3.8, 4) is 0 Å². The minimum atomic E-state index is -0.433. The molecule has 0 unspecified atom stereocenters. The first-order valence-corrected chi connectivity index (χ1v) is 6.81. The number of allylic oxidation sites excluding steroid dienone is 1. The molecule has 0 aliphatic carbocycles. The van der Waals surface area contributed by atoms with Crippen molar-refractivity contribution in [2.24, 2.45) is 10.2 Å². The quantitative estimate of drug-likeness (QED) is 0.319. The van der Waals surface area contributed by atoms with E-state index in [0.29, 0.717) is 19.0 Å². The highest BCUT2D eigenvalue weighted by Crippen LogP contribution is 2.24. The summed E-state index contributed by atoms with van der Waals surface area (Å²) >= 11 is 1.16. The molecule has 0 fully saturated rings. The van der Waals surface area contributed by atoms with Gasteiger partial charge in [-0.1, -0.05) is 0 Å². The maximum absolute atomic E-state index is 6.00. The summed E-state index contributed by atoms with van der Waals surface area (Å²) in [7, 11) is 1.65. The number of methoxy groups -OCH3 is 1. The maximum atomic E-state index is 6.00. The number of hydrogen-bond acceptors (Lipinski definition) is 6. The van der Waals surface area contributed by atoms with Crippen LogP contribution < -0.4 is 5.14 Å². The van der Waals surface area contributed by atoms with Gasteiger partial charge in [-0.2, -0.15) is 5.10 Å². The molecule has 18 heavy (non-hydrogen) atoms. The minimum absolute atomic E-state index is 0.433. The SMILES string of the molecule is C/C=N\N(CC)/C(OC(C)(C)COC)=C(\C)SN. The Morgan fingerprint density at radius 1 is 1.50 bits per heavy atom. The van der Waals surface area contributed by atoms with Crippen LogP contribution >= 0.6 is 11.9 Å². The summed E-state index contributed by atoms with van der Waals surface area (Å²) in [4.78, 5) is 0.881. The molecule has 0 atom stereocenters. The molecule has 0 amide bonds. The first-order valence-electron chi connectivity index (χ1n) is 5.93. The largest absolute Gasteiger partial charge is 0.469 e. The van der Waals surface area contributed by atoms with Gasteiger partial charge in [0.1, 0.15) is 5.60 Å². The minimum Gasteiger partial charge on any atom is -0.469 e. The van der Waals surface area contributed by atoms with E-state index in [9.17, 15) is 0 Å². The van der Waals surface area contributed by atoms with Gasteiger partial charge in [0.15, 0.2) is 0 Å². The number of ether oxygens (including phenoxy) is 2. The Kier molecular flexibility index (Phi) is 8.06. The molecular weight excluding hydrogens is 250 g/mol. The van der Waals surface area contributed by atoms with Crippen LogP contribution in [0.2, 0.25) is 0 Å². The van der Waals surface area contributed by atoms with E-state index in [1.165, 1.54) is 0 Å². The summed E-state index contributed by atoms with van der Waals surface area (Å²) in [5.41, 5.74) is -0.433. The molecule has 106 valence electrons. The van der Waals surface area contributed by atoms with E-state index in [0.717, 1.165) is 16.9 Å². The van der Waals surface area contributed by atoms with Crippen LogP contribution in [0.5, 0.6) is 0 Å². The lowest BCUT2D eigenvalue weighted by molar-refractivity contribution is -0.0562. The van der Waals surface area contributed by atoms with Crippen LogP contribution in [0.4, 0.5) is 0 Å². The second kappa shape index (κ2) is 8.39. The summed E-state index contributed by atoms with van der Waals surface area (Å²) < 4.78 is 11.2. The molecule has 0 aliphatic rings. The lowest BCUT2D eigenvalue weighted by atomic mass is 10.1. The molecule has 5 nitrogen and oxygen atoms in total. The smallest absolute Gasteiger partial charge is 0.221 e. The molecule has 2 N–H and O–H groups in total. The molecule has 0 bridgehead atoms. The molecular formula is C12H25N3O2S. The third kappa shape index (κ3) is 5.75. The van der Waals surface area contributed by atoms with Gasteiger partial charge in [-0.25, -0.2) is 5.01 Å². The average molecular weight is 275 g/mol. The van der Waals surface area contributed by atoms with E-state index in [-0.39, 0.29) is 0 Å². The second-order valence-electron chi connectivity index (χ2n) is 4.36. The Labute approximate surface area is 115 Å². The predicted molar refractivity (Wildman–Crippen MR) is 78.1 cm³/mol. The predicted octanol–water partition coefficient (Wildman–Crippen LogP) is 2.55. The molecule has 0 aromatic heterocycles. The van der Waals surface area contributed by atoms with Gasteiger partial charge in [-0.3, -0.25) is 5.14 Å². The van der Waals surface area contributed by atoms with Gasteiger partial charge < -0.3 is 9.47 Å². The molecule has 0 radical (unpaired) electrons. The lowest BCUT2D eigenvalue weighted by Gasteiger charge is -2.31. The topological polar surface area (TPSA) is 60.1 Å². The van der Waals surface area contributed by atoms with E-state index >= 15 is 0 Å². The van der Waals surface area contributed by atoms with Gasteiger partial charge in [-0.05, 0) is 46.6 Å². The highest BCUT2D eigenvalue weighted by molar-refractivity contribution is 8.00. The fourth-order valence-corrected chi connectivity index (χ4v) is 1.66. The monoisotopic (exact) mass is 275 g/mol. The van der Waals surface area contributed by atoms with Crippen LogP contribution in [0.15, 0.2) is 15.9 Å². The Balaban J connectivity index is 5.14. The standard InChI is InChI=1S/C12H25N3O2S/c1-7-14-15(8-2)11(10(3)18-13)17-12(4,5)9-16-6/h7H,8-9,13H2,1-6H3/b11-10-,14-7-. The summed E-state index contributed by atoms with van der Waals surface area (Å²) in [6.45, 7) is 10.9. The average Bonchev–Trinajstić information content (AvgIpc) is 2.32. The number of rotatable bonds is 8. The third-order valence-corrected chi connectivity index (χ3v) is 2.66. The fourth-order valence-electron chi connectivity index (χ4n) is 1.41. The molecule has 0 aromatic rings. The van der Waals surface area contributed by atoms with E-state index in [4.69, 9.17) is 14.6 Å². The molecule has 6 heteroatoms. The van der Waals surface area contributed by atoms with Crippen molar-refractivity contribution < 1.29 is 9.47 Å². The van der Waals surface area contributed by atoms with Crippen molar-refractivity contribution in [1.82, 2.24) is 5.01 Å². The highest BCUT2D eigenvalue weighted by atomic mass is 32.2. The van der Waals surface area contributed by atoms with Crippen LogP contribution in [0, 0.1) is 0 Å². The van der Waals surface area contributed by atoms with E-state index in [1.54, 1.807) is 18.3 Å². The molecule has 0 spiro atoms. The van der Waals surface area contributed by atoms with Crippen molar-refractivity contribution in [1.29, 1.82) is 0 Å². The summed E-state index contributed by atoms with van der Waals surface area (Å²) in [5, 5.41) is 11.7. The Hall–Kier alpha value is -0.720. The van der Waals surface area contributed by atoms with Crippen molar-refractivity contribution >= 4 is 18.2 Å². The second-order valence-corrected chi connectivity index (χ2v) is 5.21. The van der Waals surface area contributed by atoms with Crippen LogP contribution in [0.25, 0.3) is 0 Å².